The maximum atomic E-state index is 12.7. The number of phosphoric acid groups is 1. The Labute approximate surface area is 277 Å². The lowest BCUT2D eigenvalue weighted by atomic mass is 10.0. The Kier molecular flexibility index (Phi) is 28.5. The van der Waals surface area contributed by atoms with Crippen LogP contribution in [0.2, 0.25) is 0 Å². The minimum absolute atomic E-state index is 0.0575. The van der Waals surface area contributed by atoms with Crippen LogP contribution in [0.25, 0.3) is 0 Å². The molecule has 0 aliphatic carbocycles. The number of unbranched alkanes of at least 4 members (excludes halogenated alkanes) is 17. The van der Waals surface area contributed by atoms with E-state index in [1.54, 1.807) is 6.08 Å². The molecule has 1 amide bonds. The van der Waals surface area contributed by atoms with Crippen LogP contribution in [-0.4, -0.2) is 73.4 Å². The zero-order valence-corrected chi connectivity index (χ0v) is 30.8. The summed E-state index contributed by atoms with van der Waals surface area (Å²) in [5.41, 5.74) is 0. The van der Waals surface area contributed by atoms with Crippen molar-refractivity contribution in [2.24, 2.45) is 0 Å². The van der Waals surface area contributed by atoms with Crippen LogP contribution in [0.4, 0.5) is 0 Å². The molecule has 0 rings (SSSR count). The number of allylic oxidation sites excluding steroid dienone is 3. The molecular formula is C36H72N2O6P+. The van der Waals surface area contributed by atoms with Gasteiger partial charge in [0.1, 0.15) is 13.2 Å². The molecule has 0 radical (unpaired) electrons. The van der Waals surface area contributed by atoms with E-state index in [0.717, 1.165) is 38.5 Å². The first kappa shape index (κ1) is 44.0. The minimum atomic E-state index is -4.33. The Morgan fingerprint density at radius 1 is 0.733 bits per heavy atom. The Hall–Kier alpha value is -1.02. The van der Waals surface area contributed by atoms with Crippen molar-refractivity contribution in [3.05, 3.63) is 24.3 Å². The highest BCUT2D eigenvalue weighted by atomic mass is 31.2. The normalized spacial score (nSPS) is 15.1. The first-order chi connectivity index (χ1) is 21.5. The topological polar surface area (TPSA) is 105 Å². The van der Waals surface area contributed by atoms with Crippen LogP contribution in [0.1, 0.15) is 149 Å². The standard InChI is InChI=1S/C36H71N2O6P/c1-6-8-10-12-14-16-18-20-22-24-26-28-30-36(40)37-34(33-44-45(41,42)43-32-31-38(3,4)5)35(39)29-27-25-23-21-19-17-15-13-11-9-7-2/h19,21,27,29,34-35,39H,6-18,20,22-26,28,30-33H2,1-5H3,(H-,37,40,41,42)/p+1/b21-19+,29-27+. The lowest BCUT2D eigenvalue weighted by Gasteiger charge is -2.25. The number of quaternary nitrogens is 1. The van der Waals surface area contributed by atoms with Gasteiger partial charge in [-0.05, 0) is 32.1 Å². The molecule has 8 nitrogen and oxygen atoms in total. The van der Waals surface area contributed by atoms with Gasteiger partial charge in [-0.25, -0.2) is 4.57 Å². The van der Waals surface area contributed by atoms with Gasteiger partial charge in [0.05, 0.1) is 39.9 Å². The second-order valence-electron chi connectivity index (χ2n) is 13.6. The number of hydrogen-bond acceptors (Lipinski definition) is 5. The molecule has 0 aromatic carbocycles. The zero-order chi connectivity index (χ0) is 33.7. The number of nitrogens with zero attached hydrogens (tertiary/aromatic N) is 1. The van der Waals surface area contributed by atoms with Gasteiger partial charge >= 0.3 is 7.82 Å². The molecule has 3 atom stereocenters. The largest absolute Gasteiger partial charge is 0.472 e. The number of phosphoric ester groups is 1. The predicted octanol–water partition coefficient (Wildman–Crippen LogP) is 9.02. The summed E-state index contributed by atoms with van der Waals surface area (Å²) in [7, 11) is 1.55. The van der Waals surface area contributed by atoms with Crippen LogP contribution in [0.5, 0.6) is 0 Å². The van der Waals surface area contributed by atoms with Crippen molar-refractivity contribution in [3.63, 3.8) is 0 Å². The molecule has 3 N–H and O–H groups in total. The molecule has 0 aromatic rings. The molecule has 0 fully saturated rings. The monoisotopic (exact) mass is 660 g/mol. The van der Waals surface area contributed by atoms with Crippen molar-refractivity contribution in [2.75, 3.05) is 40.9 Å². The van der Waals surface area contributed by atoms with Gasteiger partial charge in [-0.3, -0.25) is 13.8 Å². The van der Waals surface area contributed by atoms with Gasteiger partial charge in [0.2, 0.25) is 5.91 Å². The second kappa shape index (κ2) is 29.1. The van der Waals surface area contributed by atoms with Crippen LogP contribution >= 0.6 is 7.82 Å². The van der Waals surface area contributed by atoms with Crippen LogP contribution in [0, 0.1) is 0 Å². The van der Waals surface area contributed by atoms with Gasteiger partial charge in [0.15, 0.2) is 0 Å². The van der Waals surface area contributed by atoms with E-state index in [2.05, 4.69) is 31.3 Å². The van der Waals surface area contributed by atoms with Crippen molar-refractivity contribution < 1.29 is 32.9 Å². The smallest absolute Gasteiger partial charge is 0.387 e. The fourth-order valence-corrected chi connectivity index (χ4v) is 5.67. The zero-order valence-electron chi connectivity index (χ0n) is 29.9. The number of likely N-dealkylation sites (N-methyl/N-ethyl adjacent to an activating group) is 1. The van der Waals surface area contributed by atoms with Crippen LogP contribution in [0.15, 0.2) is 24.3 Å². The number of hydrogen-bond donors (Lipinski definition) is 3. The molecule has 0 saturated heterocycles. The maximum Gasteiger partial charge on any atom is 0.472 e. The van der Waals surface area contributed by atoms with Gasteiger partial charge in [0.25, 0.3) is 0 Å². The minimum Gasteiger partial charge on any atom is -0.387 e. The van der Waals surface area contributed by atoms with Gasteiger partial charge in [-0.2, -0.15) is 0 Å². The number of nitrogens with one attached hydrogen (secondary N) is 1. The molecule has 0 saturated carbocycles. The molecule has 0 heterocycles. The first-order valence-corrected chi connectivity index (χ1v) is 19.7. The third-order valence-corrected chi connectivity index (χ3v) is 8.91. The maximum absolute atomic E-state index is 12.7. The van der Waals surface area contributed by atoms with Gasteiger partial charge in [-0.1, -0.05) is 134 Å². The van der Waals surface area contributed by atoms with Crippen LogP contribution in [-0.2, 0) is 18.4 Å². The fraction of sp³-hybridized carbons (Fsp3) is 0.861. The first-order valence-electron chi connectivity index (χ1n) is 18.2. The molecule has 0 bridgehead atoms. The van der Waals surface area contributed by atoms with Crippen LogP contribution < -0.4 is 5.32 Å². The quantitative estimate of drug-likeness (QED) is 0.0288. The Balaban J connectivity index is 4.62. The van der Waals surface area contributed by atoms with Crippen molar-refractivity contribution in [2.45, 2.75) is 161 Å². The van der Waals surface area contributed by atoms with Gasteiger partial charge in [0, 0.05) is 6.42 Å². The predicted molar refractivity (Wildman–Crippen MR) is 189 cm³/mol. The number of aliphatic hydroxyl groups excluding tert-OH is 1. The summed E-state index contributed by atoms with van der Waals surface area (Å²) in [6.45, 7) is 4.73. The fourth-order valence-electron chi connectivity index (χ4n) is 4.94. The molecular weight excluding hydrogens is 587 g/mol. The average Bonchev–Trinajstić information content (AvgIpc) is 2.97. The number of amides is 1. The third-order valence-electron chi connectivity index (χ3n) is 7.92. The SMILES string of the molecule is CCCCCCC/C=C/CC/C=C/C(O)C(COP(=O)(O)OCC[N+](C)(C)C)NC(=O)CCCCCCCCCCCCCC. The second-order valence-corrected chi connectivity index (χ2v) is 15.0. The molecule has 3 unspecified atom stereocenters. The molecule has 0 spiro atoms. The van der Waals surface area contributed by atoms with E-state index in [9.17, 15) is 19.4 Å². The summed E-state index contributed by atoms with van der Waals surface area (Å²) in [4.78, 5) is 22.9. The molecule has 0 aliphatic rings. The summed E-state index contributed by atoms with van der Waals surface area (Å²) in [6, 6.07) is -0.854. The van der Waals surface area contributed by atoms with Gasteiger partial charge in [-0.15, -0.1) is 0 Å². The molecule has 9 heteroatoms. The van der Waals surface area contributed by atoms with E-state index in [0.29, 0.717) is 17.4 Å². The lowest BCUT2D eigenvalue weighted by Crippen LogP contribution is -2.45. The van der Waals surface area contributed by atoms with E-state index in [1.807, 2.05) is 27.2 Å². The molecule has 0 aromatic heterocycles. The number of carbonyl (C=O) groups is 1. The Bertz CT molecular complexity index is 799. The van der Waals surface area contributed by atoms with E-state index in [4.69, 9.17) is 9.05 Å². The molecule has 45 heavy (non-hydrogen) atoms. The summed E-state index contributed by atoms with van der Waals surface area (Å²) in [6.07, 6.45) is 31.0. The molecule has 0 aliphatic heterocycles. The summed E-state index contributed by atoms with van der Waals surface area (Å²) in [5.74, 6) is -0.191. The number of carbonyl (C=O) groups excluding carboxylic acids is 1. The Morgan fingerprint density at radius 2 is 1.22 bits per heavy atom. The van der Waals surface area contributed by atoms with Gasteiger partial charge < -0.3 is 19.8 Å². The third kappa shape index (κ3) is 31.4. The summed E-state index contributed by atoms with van der Waals surface area (Å²) < 4.78 is 23.4. The highest BCUT2D eigenvalue weighted by molar-refractivity contribution is 7.47. The average molecular weight is 660 g/mol. The van der Waals surface area contributed by atoms with Crippen molar-refractivity contribution in [1.29, 1.82) is 0 Å². The Morgan fingerprint density at radius 3 is 1.78 bits per heavy atom. The summed E-state index contributed by atoms with van der Waals surface area (Å²) in [5, 5.41) is 13.7. The highest BCUT2D eigenvalue weighted by Crippen LogP contribution is 2.43. The van der Waals surface area contributed by atoms with Crippen molar-refractivity contribution >= 4 is 13.7 Å². The van der Waals surface area contributed by atoms with Crippen molar-refractivity contribution in [3.8, 4) is 0 Å². The number of rotatable bonds is 32. The van der Waals surface area contributed by atoms with E-state index >= 15 is 0 Å². The summed E-state index contributed by atoms with van der Waals surface area (Å²) >= 11 is 0. The van der Waals surface area contributed by atoms with E-state index in [1.165, 1.54) is 89.9 Å². The van der Waals surface area contributed by atoms with E-state index in [-0.39, 0.29) is 19.1 Å². The number of aliphatic hydroxyl groups is 1. The van der Waals surface area contributed by atoms with Crippen LogP contribution in [0.3, 0.4) is 0 Å². The van der Waals surface area contributed by atoms with E-state index < -0.39 is 20.0 Å². The van der Waals surface area contributed by atoms with Crippen molar-refractivity contribution in [1.82, 2.24) is 5.32 Å². The molecule has 266 valence electrons. The lowest BCUT2D eigenvalue weighted by molar-refractivity contribution is -0.870. The highest BCUT2D eigenvalue weighted by Gasteiger charge is 2.27.